The summed E-state index contributed by atoms with van der Waals surface area (Å²) in [5, 5.41) is 0. The molecule has 0 saturated heterocycles. The first-order chi connectivity index (χ1) is 7.63. The van der Waals surface area contributed by atoms with Gasteiger partial charge in [0.15, 0.2) is 5.78 Å². The molecule has 0 atom stereocenters. The Hall–Kier alpha value is -1.90. The van der Waals surface area contributed by atoms with E-state index in [1.54, 1.807) is 24.3 Å². The topological polar surface area (TPSA) is 43.4 Å². The van der Waals surface area contributed by atoms with Crippen LogP contribution in [-0.4, -0.2) is 18.9 Å². The molecule has 0 heterocycles. The summed E-state index contributed by atoms with van der Waals surface area (Å²) in [6.07, 6.45) is 3.75. The van der Waals surface area contributed by atoms with Crippen molar-refractivity contribution in [2.24, 2.45) is 0 Å². The summed E-state index contributed by atoms with van der Waals surface area (Å²) in [4.78, 5) is 22.0. The number of carbonyl (C=O) groups is 2. The van der Waals surface area contributed by atoms with Gasteiger partial charge in [-0.2, -0.15) is 0 Å². The molecule has 1 aromatic rings. The summed E-state index contributed by atoms with van der Waals surface area (Å²) in [7, 11) is 1.35. The van der Waals surface area contributed by atoms with Crippen LogP contribution in [0.3, 0.4) is 0 Å². The number of ether oxygens (including phenoxy) is 1. The van der Waals surface area contributed by atoms with Crippen LogP contribution in [0, 0.1) is 0 Å². The van der Waals surface area contributed by atoms with E-state index in [2.05, 4.69) is 4.74 Å². The van der Waals surface area contributed by atoms with Gasteiger partial charge >= 0.3 is 5.97 Å². The van der Waals surface area contributed by atoms with Gasteiger partial charge in [-0.05, 0) is 18.6 Å². The van der Waals surface area contributed by atoms with Gasteiger partial charge in [0.2, 0.25) is 0 Å². The fourth-order valence-corrected chi connectivity index (χ4v) is 1.24. The average molecular weight is 218 g/mol. The van der Waals surface area contributed by atoms with Crippen LogP contribution >= 0.6 is 0 Å². The van der Waals surface area contributed by atoms with E-state index in [-0.39, 0.29) is 18.2 Å². The monoisotopic (exact) mass is 218 g/mol. The van der Waals surface area contributed by atoms with Crippen molar-refractivity contribution in [1.82, 2.24) is 0 Å². The maximum absolute atomic E-state index is 11.1. The van der Waals surface area contributed by atoms with Gasteiger partial charge in [-0.1, -0.05) is 30.4 Å². The Balaban J connectivity index is 2.70. The maximum Gasteiger partial charge on any atom is 0.309 e. The van der Waals surface area contributed by atoms with E-state index in [1.165, 1.54) is 14.0 Å². The lowest BCUT2D eigenvalue weighted by Crippen LogP contribution is -1.96. The van der Waals surface area contributed by atoms with Gasteiger partial charge in [0.25, 0.3) is 0 Å². The summed E-state index contributed by atoms with van der Waals surface area (Å²) in [6.45, 7) is 1.53. The zero-order valence-corrected chi connectivity index (χ0v) is 9.40. The quantitative estimate of drug-likeness (QED) is 0.576. The Morgan fingerprint density at radius 1 is 1.38 bits per heavy atom. The SMILES string of the molecule is COC(=O)CC=Cc1cccc(C(C)=O)c1. The third-order valence-corrected chi connectivity index (χ3v) is 2.12. The highest BCUT2D eigenvalue weighted by molar-refractivity contribution is 5.94. The molecule has 3 heteroatoms. The molecule has 0 aliphatic rings. The Morgan fingerprint density at radius 2 is 2.12 bits per heavy atom. The molecule has 3 nitrogen and oxygen atoms in total. The van der Waals surface area contributed by atoms with Gasteiger partial charge in [0, 0.05) is 5.56 Å². The third-order valence-electron chi connectivity index (χ3n) is 2.12. The molecule has 0 aliphatic heterocycles. The number of esters is 1. The molecule has 16 heavy (non-hydrogen) atoms. The lowest BCUT2D eigenvalue weighted by Gasteiger charge is -1.97. The third kappa shape index (κ3) is 3.69. The van der Waals surface area contributed by atoms with Gasteiger partial charge in [0.05, 0.1) is 13.5 Å². The van der Waals surface area contributed by atoms with Crippen LogP contribution in [-0.2, 0) is 9.53 Å². The molecule has 0 N–H and O–H groups in total. The summed E-state index contributed by atoms with van der Waals surface area (Å²) in [5.41, 5.74) is 1.57. The molecule has 0 radical (unpaired) electrons. The molecule has 0 aromatic heterocycles. The van der Waals surface area contributed by atoms with Crippen molar-refractivity contribution in [2.75, 3.05) is 7.11 Å². The maximum atomic E-state index is 11.1. The van der Waals surface area contributed by atoms with Crippen molar-refractivity contribution < 1.29 is 14.3 Å². The fourth-order valence-electron chi connectivity index (χ4n) is 1.24. The lowest BCUT2D eigenvalue weighted by molar-refractivity contribution is -0.139. The predicted molar refractivity (Wildman–Crippen MR) is 62.1 cm³/mol. The minimum atomic E-state index is -0.279. The predicted octanol–water partition coefficient (Wildman–Crippen LogP) is 2.47. The summed E-state index contributed by atoms with van der Waals surface area (Å²) in [5.74, 6) is -0.248. The number of ketones is 1. The molecule has 84 valence electrons. The van der Waals surface area contributed by atoms with Gasteiger partial charge in [-0.15, -0.1) is 0 Å². The van der Waals surface area contributed by atoms with Crippen molar-refractivity contribution in [1.29, 1.82) is 0 Å². The van der Waals surface area contributed by atoms with Crippen LogP contribution in [0.2, 0.25) is 0 Å². The summed E-state index contributed by atoms with van der Waals surface area (Å²) >= 11 is 0. The second-order valence-corrected chi connectivity index (χ2v) is 3.36. The van der Waals surface area contributed by atoms with E-state index >= 15 is 0 Å². The van der Waals surface area contributed by atoms with Crippen molar-refractivity contribution >= 4 is 17.8 Å². The molecule has 0 unspecified atom stereocenters. The van der Waals surface area contributed by atoms with Crippen LogP contribution in [0.5, 0.6) is 0 Å². The van der Waals surface area contributed by atoms with E-state index < -0.39 is 0 Å². The highest BCUT2D eigenvalue weighted by Crippen LogP contribution is 2.08. The number of hydrogen-bond acceptors (Lipinski definition) is 3. The Bertz CT molecular complexity index is 419. The first-order valence-corrected chi connectivity index (χ1v) is 4.98. The Kier molecular flexibility index (Phi) is 4.45. The number of benzene rings is 1. The number of hydrogen-bond donors (Lipinski definition) is 0. The molecule has 0 fully saturated rings. The normalized spacial score (nSPS) is 10.4. The lowest BCUT2D eigenvalue weighted by atomic mass is 10.1. The van der Waals surface area contributed by atoms with E-state index in [1.807, 2.05) is 12.1 Å². The molecule has 0 aliphatic carbocycles. The molecular weight excluding hydrogens is 204 g/mol. The largest absolute Gasteiger partial charge is 0.469 e. The van der Waals surface area contributed by atoms with E-state index in [4.69, 9.17) is 0 Å². The van der Waals surface area contributed by atoms with Gasteiger partial charge in [0.1, 0.15) is 0 Å². The van der Waals surface area contributed by atoms with Crippen LogP contribution in [0.1, 0.15) is 29.3 Å². The average Bonchev–Trinajstić information content (AvgIpc) is 2.29. The first-order valence-electron chi connectivity index (χ1n) is 4.98. The Morgan fingerprint density at radius 3 is 2.75 bits per heavy atom. The minimum Gasteiger partial charge on any atom is -0.469 e. The van der Waals surface area contributed by atoms with Crippen LogP contribution in [0.25, 0.3) is 6.08 Å². The first kappa shape index (κ1) is 12.2. The molecule has 0 saturated carbocycles. The molecular formula is C13H14O3. The van der Waals surface area contributed by atoms with Crippen LogP contribution in [0.4, 0.5) is 0 Å². The van der Waals surface area contributed by atoms with Crippen molar-refractivity contribution in [2.45, 2.75) is 13.3 Å². The number of rotatable bonds is 4. The summed E-state index contributed by atoms with van der Waals surface area (Å²) in [6, 6.07) is 7.24. The second kappa shape index (κ2) is 5.85. The molecule has 0 amide bonds. The smallest absolute Gasteiger partial charge is 0.309 e. The molecule has 1 rings (SSSR count). The van der Waals surface area contributed by atoms with Gasteiger partial charge < -0.3 is 4.74 Å². The standard InChI is InChI=1S/C13H14O3/c1-10(14)12-7-3-5-11(9-12)6-4-8-13(15)16-2/h3-7,9H,8H2,1-2H3. The fraction of sp³-hybridized carbons (Fsp3) is 0.231. The van der Waals surface area contributed by atoms with E-state index in [0.717, 1.165) is 5.56 Å². The zero-order chi connectivity index (χ0) is 12.0. The van der Waals surface area contributed by atoms with Crippen LogP contribution < -0.4 is 0 Å². The van der Waals surface area contributed by atoms with E-state index in [0.29, 0.717) is 5.56 Å². The molecule has 1 aromatic carbocycles. The van der Waals surface area contributed by atoms with Crippen molar-refractivity contribution in [3.05, 3.63) is 41.5 Å². The zero-order valence-electron chi connectivity index (χ0n) is 9.40. The number of carbonyl (C=O) groups excluding carboxylic acids is 2. The highest BCUT2D eigenvalue weighted by atomic mass is 16.5. The number of Topliss-reactive ketones (excluding diaryl/α,β-unsaturated/α-hetero) is 1. The van der Waals surface area contributed by atoms with Crippen LogP contribution in [0.15, 0.2) is 30.3 Å². The van der Waals surface area contributed by atoms with Gasteiger partial charge in [-0.3, -0.25) is 9.59 Å². The second-order valence-electron chi connectivity index (χ2n) is 3.36. The number of methoxy groups -OCH3 is 1. The minimum absolute atomic E-state index is 0.0308. The highest BCUT2D eigenvalue weighted by Gasteiger charge is 1.98. The molecule has 0 spiro atoms. The molecule has 0 bridgehead atoms. The van der Waals surface area contributed by atoms with Crippen molar-refractivity contribution in [3.8, 4) is 0 Å². The van der Waals surface area contributed by atoms with Gasteiger partial charge in [-0.25, -0.2) is 0 Å². The van der Waals surface area contributed by atoms with Crippen molar-refractivity contribution in [3.63, 3.8) is 0 Å². The summed E-state index contributed by atoms with van der Waals surface area (Å²) < 4.78 is 4.51. The Labute approximate surface area is 94.7 Å². The van der Waals surface area contributed by atoms with E-state index in [9.17, 15) is 9.59 Å².